The van der Waals surface area contributed by atoms with Crippen molar-refractivity contribution in [3.05, 3.63) is 90.1 Å². The first-order valence-corrected chi connectivity index (χ1v) is 8.02. The molecule has 0 amide bonds. The van der Waals surface area contributed by atoms with Gasteiger partial charge in [-0.15, -0.1) is 5.10 Å². The maximum absolute atomic E-state index is 6.48. The van der Waals surface area contributed by atoms with Crippen LogP contribution in [0, 0.1) is 0 Å². The number of hydrogen-bond acceptors (Lipinski definition) is 2. The second kappa shape index (κ2) is 6.30. The topological polar surface area (TPSA) is 30.7 Å². The maximum Gasteiger partial charge on any atom is 0.113 e. The van der Waals surface area contributed by atoms with Crippen LogP contribution >= 0.6 is 11.6 Å². The lowest BCUT2D eigenvalue weighted by Gasteiger charge is -2.07. The molecule has 24 heavy (non-hydrogen) atoms. The fourth-order valence-electron chi connectivity index (χ4n) is 2.63. The van der Waals surface area contributed by atoms with Crippen LogP contribution in [-0.4, -0.2) is 15.0 Å². The Morgan fingerprint density at radius 3 is 2.08 bits per heavy atom. The number of nitrogens with zero attached hydrogens (tertiary/aromatic N) is 3. The molecule has 0 saturated heterocycles. The highest BCUT2D eigenvalue weighted by atomic mass is 35.5. The third-order valence-corrected chi connectivity index (χ3v) is 4.18. The summed E-state index contributed by atoms with van der Waals surface area (Å²) in [6, 6.07) is 26.0. The highest BCUT2D eigenvalue weighted by Gasteiger charge is 2.08. The van der Waals surface area contributed by atoms with Gasteiger partial charge >= 0.3 is 0 Å². The van der Waals surface area contributed by atoms with Crippen LogP contribution in [0.3, 0.4) is 0 Å². The van der Waals surface area contributed by atoms with Gasteiger partial charge in [0.1, 0.15) is 5.69 Å². The van der Waals surface area contributed by atoms with E-state index >= 15 is 0 Å². The highest BCUT2D eigenvalue weighted by molar-refractivity contribution is 6.33. The average molecular weight is 332 g/mol. The molecule has 0 aliphatic carbocycles. The number of benzene rings is 3. The molecule has 1 aromatic heterocycles. The van der Waals surface area contributed by atoms with E-state index in [1.165, 1.54) is 0 Å². The zero-order valence-electron chi connectivity index (χ0n) is 12.8. The van der Waals surface area contributed by atoms with E-state index in [9.17, 15) is 0 Å². The van der Waals surface area contributed by atoms with Gasteiger partial charge in [0.15, 0.2) is 0 Å². The summed E-state index contributed by atoms with van der Waals surface area (Å²) in [7, 11) is 0. The number of halogens is 1. The van der Waals surface area contributed by atoms with Crippen LogP contribution in [0.15, 0.2) is 85.1 Å². The third-order valence-electron chi connectivity index (χ3n) is 3.86. The Morgan fingerprint density at radius 2 is 1.42 bits per heavy atom. The highest BCUT2D eigenvalue weighted by Crippen LogP contribution is 2.29. The van der Waals surface area contributed by atoms with Crippen LogP contribution in [0.25, 0.3) is 28.1 Å². The van der Waals surface area contributed by atoms with Crippen molar-refractivity contribution in [2.24, 2.45) is 0 Å². The van der Waals surface area contributed by atoms with Gasteiger partial charge in [-0.25, -0.2) is 4.68 Å². The largest absolute Gasteiger partial charge is 0.220 e. The summed E-state index contributed by atoms with van der Waals surface area (Å²) in [5, 5.41) is 9.15. The molecular formula is C20H14ClN3. The first-order chi connectivity index (χ1) is 11.8. The van der Waals surface area contributed by atoms with Gasteiger partial charge in [0.05, 0.1) is 16.9 Å². The number of hydrogen-bond donors (Lipinski definition) is 0. The molecule has 0 radical (unpaired) electrons. The lowest BCUT2D eigenvalue weighted by atomic mass is 10.1. The SMILES string of the molecule is Clc1cc(-n2cc(-c3ccccc3)nn2)ccc1-c1ccccc1. The van der Waals surface area contributed by atoms with Crippen LogP contribution in [0.2, 0.25) is 5.02 Å². The predicted octanol–water partition coefficient (Wildman–Crippen LogP) is 5.25. The van der Waals surface area contributed by atoms with Crippen molar-refractivity contribution >= 4 is 11.6 Å². The minimum Gasteiger partial charge on any atom is -0.220 e. The van der Waals surface area contributed by atoms with Gasteiger partial charge in [-0.2, -0.15) is 0 Å². The molecule has 116 valence electrons. The standard InChI is InChI=1S/C20H14ClN3/c21-19-13-17(11-12-18(19)15-7-3-1-4-8-15)24-14-20(22-23-24)16-9-5-2-6-10-16/h1-14H. The smallest absolute Gasteiger partial charge is 0.113 e. The van der Waals surface area contributed by atoms with Gasteiger partial charge in [-0.05, 0) is 17.7 Å². The van der Waals surface area contributed by atoms with Crippen molar-refractivity contribution in [3.63, 3.8) is 0 Å². The van der Waals surface area contributed by atoms with E-state index < -0.39 is 0 Å². The van der Waals surface area contributed by atoms with E-state index in [0.29, 0.717) is 5.02 Å². The summed E-state index contributed by atoms with van der Waals surface area (Å²) < 4.78 is 1.74. The summed E-state index contributed by atoms with van der Waals surface area (Å²) in [5.41, 5.74) is 4.85. The van der Waals surface area contributed by atoms with Crippen LogP contribution in [0.4, 0.5) is 0 Å². The van der Waals surface area contributed by atoms with Gasteiger partial charge in [0.25, 0.3) is 0 Å². The van der Waals surface area contributed by atoms with E-state index in [-0.39, 0.29) is 0 Å². The Hall–Kier alpha value is -2.91. The van der Waals surface area contributed by atoms with Crippen molar-refractivity contribution in [1.82, 2.24) is 15.0 Å². The summed E-state index contributed by atoms with van der Waals surface area (Å²) in [5.74, 6) is 0. The molecular weight excluding hydrogens is 318 g/mol. The van der Waals surface area contributed by atoms with Gasteiger partial charge < -0.3 is 0 Å². The van der Waals surface area contributed by atoms with Crippen molar-refractivity contribution in [3.8, 4) is 28.1 Å². The minimum absolute atomic E-state index is 0.690. The maximum atomic E-state index is 6.48. The molecule has 0 unspecified atom stereocenters. The third kappa shape index (κ3) is 2.82. The molecule has 0 spiro atoms. The number of rotatable bonds is 3. The molecule has 0 atom stereocenters. The Labute approximate surface area is 145 Å². The molecule has 0 aliphatic heterocycles. The summed E-state index contributed by atoms with van der Waals surface area (Å²) in [6.07, 6.45) is 1.91. The molecule has 4 rings (SSSR count). The first-order valence-electron chi connectivity index (χ1n) is 7.64. The fourth-order valence-corrected chi connectivity index (χ4v) is 2.91. The lowest BCUT2D eigenvalue weighted by molar-refractivity contribution is 0.804. The molecule has 0 bridgehead atoms. The Balaban J connectivity index is 1.69. The van der Waals surface area contributed by atoms with Crippen LogP contribution in [0.5, 0.6) is 0 Å². The van der Waals surface area contributed by atoms with Crippen molar-refractivity contribution in [1.29, 1.82) is 0 Å². The molecule has 4 aromatic rings. The van der Waals surface area contributed by atoms with Crippen molar-refractivity contribution in [2.45, 2.75) is 0 Å². The van der Waals surface area contributed by atoms with Crippen molar-refractivity contribution < 1.29 is 0 Å². The Bertz CT molecular complexity index is 963. The monoisotopic (exact) mass is 331 g/mol. The quantitative estimate of drug-likeness (QED) is 0.513. The summed E-state index contributed by atoms with van der Waals surface area (Å²) in [4.78, 5) is 0. The van der Waals surface area contributed by atoms with Crippen LogP contribution < -0.4 is 0 Å². The first kappa shape index (κ1) is 14.7. The molecule has 0 fully saturated rings. The molecule has 3 aromatic carbocycles. The van der Waals surface area contributed by atoms with Gasteiger partial charge in [-0.1, -0.05) is 83.5 Å². The summed E-state index contributed by atoms with van der Waals surface area (Å²) >= 11 is 6.48. The van der Waals surface area contributed by atoms with Gasteiger partial charge in [0.2, 0.25) is 0 Å². The number of aromatic nitrogens is 3. The van der Waals surface area contributed by atoms with Crippen LogP contribution in [0.1, 0.15) is 0 Å². The fraction of sp³-hybridized carbons (Fsp3) is 0. The molecule has 0 aliphatic rings. The normalized spacial score (nSPS) is 10.7. The molecule has 3 nitrogen and oxygen atoms in total. The van der Waals surface area contributed by atoms with E-state index in [4.69, 9.17) is 11.6 Å². The van der Waals surface area contributed by atoms with Gasteiger partial charge in [0, 0.05) is 11.1 Å². The second-order valence-electron chi connectivity index (χ2n) is 5.44. The zero-order chi connectivity index (χ0) is 16.4. The van der Waals surface area contributed by atoms with Crippen LogP contribution in [-0.2, 0) is 0 Å². The van der Waals surface area contributed by atoms with E-state index in [0.717, 1.165) is 28.1 Å². The zero-order valence-corrected chi connectivity index (χ0v) is 13.6. The Morgan fingerprint density at radius 1 is 0.750 bits per heavy atom. The average Bonchev–Trinajstić information content (AvgIpc) is 3.13. The van der Waals surface area contributed by atoms with Crippen molar-refractivity contribution in [2.75, 3.05) is 0 Å². The second-order valence-corrected chi connectivity index (χ2v) is 5.85. The summed E-state index contributed by atoms with van der Waals surface area (Å²) in [6.45, 7) is 0. The van der Waals surface area contributed by atoms with E-state index in [2.05, 4.69) is 10.3 Å². The molecule has 0 N–H and O–H groups in total. The molecule has 0 saturated carbocycles. The minimum atomic E-state index is 0.690. The van der Waals surface area contributed by atoms with E-state index in [1.54, 1.807) is 4.68 Å². The lowest BCUT2D eigenvalue weighted by Crippen LogP contribution is -1.95. The Kier molecular flexibility index (Phi) is 3.85. The van der Waals surface area contributed by atoms with Gasteiger partial charge in [-0.3, -0.25) is 0 Å². The molecule has 4 heteroatoms. The van der Waals surface area contributed by atoms with E-state index in [1.807, 2.05) is 85.1 Å². The predicted molar refractivity (Wildman–Crippen MR) is 97.2 cm³/mol. The molecule has 1 heterocycles.